The van der Waals surface area contributed by atoms with Gasteiger partial charge in [0.05, 0.1) is 20.6 Å². The minimum atomic E-state index is -4.03. The minimum absolute atomic E-state index is 0.0777. The van der Waals surface area contributed by atoms with Crippen LogP contribution in [0.1, 0.15) is 25.0 Å². The molecule has 35 heavy (non-hydrogen) atoms. The molecule has 6 nitrogen and oxygen atoms in total. The lowest BCUT2D eigenvalue weighted by Gasteiger charge is -2.24. The van der Waals surface area contributed by atoms with E-state index in [2.05, 4.69) is 24.1 Å². The lowest BCUT2D eigenvalue weighted by molar-refractivity contribution is -0.119. The number of carbonyl (C=O) groups is 1. The molecule has 0 heterocycles. The van der Waals surface area contributed by atoms with Gasteiger partial charge in [0.2, 0.25) is 5.91 Å². The van der Waals surface area contributed by atoms with Crippen LogP contribution in [0.3, 0.4) is 0 Å². The Balaban J connectivity index is 1.80. The largest absolute Gasteiger partial charge is 0.372 e. The Morgan fingerprint density at radius 3 is 2.03 bits per heavy atom. The Morgan fingerprint density at radius 1 is 0.857 bits per heavy atom. The first-order valence-corrected chi connectivity index (χ1v) is 13.5. The highest BCUT2D eigenvalue weighted by Crippen LogP contribution is 2.30. The molecule has 0 saturated carbocycles. The zero-order valence-electron chi connectivity index (χ0n) is 20.0. The Bertz CT molecular complexity index is 1260. The van der Waals surface area contributed by atoms with Crippen LogP contribution in [-0.4, -0.2) is 34.0 Å². The molecule has 1 amide bonds. The monoisotopic (exact) mass is 533 g/mol. The number of sulfonamides is 1. The molecule has 0 aliphatic rings. The van der Waals surface area contributed by atoms with Crippen molar-refractivity contribution in [2.24, 2.45) is 0 Å². The van der Waals surface area contributed by atoms with Crippen molar-refractivity contribution in [2.45, 2.75) is 32.2 Å². The molecule has 0 unspecified atom stereocenters. The summed E-state index contributed by atoms with van der Waals surface area (Å²) in [6, 6.07) is 18.9. The number of anilines is 2. The first-order chi connectivity index (χ1) is 16.6. The van der Waals surface area contributed by atoms with Gasteiger partial charge in [-0.25, -0.2) is 8.42 Å². The van der Waals surface area contributed by atoms with Crippen LogP contribution >= 0.6 is 23.2 Å². The third-order valence-electron chi connectivity index (χ3n) is 5.64. The van der Waals surface area contributed by atoms with E-state index in [9.17, 15) is 13.2 Å². The predicted octanol–water partition coefficient (Wildman–Crippen LogP) is 5.66. The third kappa shape index (κ3) is 6.69. The van der Waals surface area contributed by atoms with Gasteiger partial charge >= 0.3 is 0 Å². The maximum absolute atomic E-state index is 13.5. The first-order valence-electron chi connectivity index (χ1n) is 11.3. The highest BCUT2D eigenvalue weighted by Gasteiger charge is 2.27. The zero-order chi connectivity index (χ0) is 25.6. The fraction of sp³-hybridized carbons (Fsp3) is 0.269. The van der Waals surface area contributed by atoms with E-state index in [1.54, 1.807) is 12.1 Å². The van der Waals surface area contributed by atoms with E-state index in [4.69, 9.17) is 23.2 Å². The molecule has 0 spiro atoms. The van der Waals surface area contributed by atoms with Crippen LogP contribution < -0.4 is 14.5 Å². The maximum Gasteiger partial charge on any atom is 0.264 e. The van der Waals surface area contributed by atoms with Crippen molar-refractivity contribution in [3.8, 4) is 0 Å². The average molecular weight is 535 g/mol. The van der Waals surface area contributed by atoms with E-state index in [-0.39, 0.29) is 22.2 Å². The van der Waals surface area contributed by atoms with Crippen LogP contribution in [0.4, 0.5) is 11.4 Å². The number of benzene rings is 3. The van der Waals surface area contributed by atoms with Gasteiger partial charge in [0, 0.05) is 25.3 Å². The van der Waals surface area contributed by atoms with E-state index >= 15 is 0 Å². The third-order valence-corrected chi connectivity index (χ3v) is 8.17. The molecular formula is C26H29Cl2N3O3S. The smallest absolute Gasteiger partial charge is 0.264 e. The molecule has 0 bridgehead atoms. The van der Waals surface area contributed by atoms with Crippen molar-refractivity contribution in [1.29, 1.82) is 0 Å². The minimum Gasteiger partial charge on any atom is -0.372 e. The van der Waals surface area contributed by atoms with Crippen LogP contribution in [-0.2, 0) is 21.4 Å². The van der Waals surface area contributed by atoms with Gasteiger partial charge in [-0.1, -0.05) is 53.0 Å². The van der Waals surface area contributed by atoms with Crippen LogP contribution in [0.15, 0.2) is 71.6 Å². The van der Waals surface area contributed by atoms with Crippen LogP contribution in [0.25, 0.3) is 0 Å². The Kier molecular flexibility index (Phi) is 9.05. The quantitative estimate of drug-likeness (QED) is 0.365. The second-order valence-electron chi connectivity index (χ2n) is 8.04. The standard InChI is InChI=1S/C26H29Cl2N3O3S/c1-4-30(5-2)21-10-8-20(9-11-21)17-29-26(32)18-31(22-12-15-24(27)25(28)16-22)35(33,34)23-13-6-19(3)7-14-23/h6-16H,4-5,17-18H2,1-3H3,(H,29,32). The lowest BCUT2D eigenvalue weighted by Crippen LogP contribution is -2.40. The van der Waals surface area contributed by atoms with Crippen LogP contribution in [0.2, 0.25) is 10.0 Å². The molecule has 1 N–H and O–H groups in total. The summed E-state index contributed by atoms with van der Waals surface area (Å²) in [6.45, 7) is 7.75. The molecule has 3 rings (SSSR count). The van der Waals surface area contributed by atoms with Gasteiger partial charge in [0.15, 0.2) is 0 Å². The topological polar surface area (TPSA) is 69.7 Å². The van der Waals surface area contributed by atoms with Crippen molar-refractivity contribution in [3.05, 3.63) is 87.9 Å². The summed E-state index contributed by atoms with van der Waals surface area (Å²) in [5.41, 5.74) is 3.20. The van der Waals surface area contributed by atoms with E-state index < -0.39 is 22.5 Å². The summed E-state index contributed by atoms with van der Waals surface area (Å²) < 4.78 is 28.0. The number of nitrogens with zero attached hydrogens (tertiary/aromatic N) is 2. The number of carbonyl (C=O) groups excluding carboxylic acids is 1. The highest BCUT2D eigenvalue weighted by atomic mass is 35.5. The Morgan fingerprint density at radius 2 is 1.46 bits per heavy atom. The molecule has 3 aromatic carbocycles. The summed E-state index contributed by atoms with van der Waals surface area (Å²) in [7, 11) is -4.03. The molecule has 9 heteroatoms. The fourth-order valence-electron chi connectivity index (χ4n) is 3.59. The Hall–Kier alpha value is -2.74. The van der Waals surface area contributed by atoms with E-state index in [1.807, 2.05) is 31.2 Å². The van der Waals surface area contributed by atoms with E-state index in [1.165, 1.54) is 30.3 Å². The first kappa shape index (κ1) is 26.9. The van der Waals surface area contributed by atoms with E-state index in [0.717, 1.165) is 34.2 Å². The average Bonchev–Trinajstić information content (AvgIpc) is 2.85. The van der Waals surface area contributed by atoms with Gasteiger partial charge in [-0.3, -0.25) is 9.10 Å². The van der Waals surface area contributed by atoms with Crippen molar-refractivity contribution in [3.63, 3.8) is 0 Å². The van der Waals surface area contributed by atoms with Gasteiger partial charge < -0.3 is 10.2 Å². The SMILES string of the molecule is CCN(CC)c1ccc(CNC(=O)CN(c2ccc(Cl)c(Cl)c2)S(=O)(=O)c2ccc(C)cc2)cc1. The number of amides is 1. The van der Waals surface area contributed by atoms with Crippen LogP contribution in [0.5, 0.6) is 0 Å². The number of hydrogen-bond donors (Lipinski definition) is 1. The van der Waals surface area contributed by atoms with Crippen molar-refractivity contribution >= 4 is 50.5 Å². The molecule has 0 aliphatic carbocycles. The molecule has 0 fully saturated rings. The van der Waals surface area contributed by atoms with Gasteiger partial charge in [0.25, 0.3) is 10.0 Å². The number of nitrogens with one attached hydrogen (secondary N) is 1. The molecular weight excluding hydrogens is 505 g/mol. The molecule has 0 saturated heterocycles. The summed E-state index contributed by atoms with van der Waals surface area (Å²) in [5.74, 6) is -0.445. The molecule has 0 aliphatic heterocycles. The molecule has 3 aromatic rings. The van der Waals surface area contributed by atoms with Gasteiger partial charge in [0.1, 0.15) is 6.54 Å². The molecule has 0 aromatic heterocycles. The van der Waals surface area contributed by atoms with Crippen molar-refractivity contribution in [1.82, 2.24) is 5.32 Å². The second kappa shape index (κ2) is 11.8. The summed E-state index contributed by atoms with van der Waals surface area (Å²) in [6.07, 6.45) is 0. The van der Waals surface area contributed by atoms with Crippen molar-refractivity contribution < 1.29 is 13.2 Å². The van der Waals surface area contributed by atoms with Gasteiger partial charge in [-0.05, 0) is 68.8 Å². The summed E-state index contributed by atoms with van der Waals surface area (Å²) >= 11 is 12.2. The molecule has 186 valence electrons. The Labute approximate surface area is 217 Å². The summed E-state index contributed by atoms with van der Waals surface area (Å²) in [4.78, 5) is 15.2. The predicted molar refractivity (Wildman–Crippen MR) is 144 cm³/mol. The number of halogens is 2. The maximum atomic E-state index is 13.5. The normalized spacial score (nSPS) is 11.2. The highest BCUT2D eigenvalue weighted by molar-refractivity contribution is 7.92. The van der Waals surface area contributed by atoms with Crippen molar-refractivity contribution in [2.75, 3.05) is 28.8 Å². The number of rotatable bonds is 10. The van der Waals surface area contributed by atoms with E-state index in [0.29, 0.717) is 5.02 Å². The zero-order valence-corrected chi connectivity index (χ0v) is 22.3. The van der Waals surface area contributed by atoms with Crippen LogP contribution in [0, 0.1) is 6.92 Å². The summed E-state index contributed by atoms with van der Waals surface area (Å²) in [5, 5.41) is 3.31. The van der Waals surface area contributed by atoms with Gasteiger partial charge in [-0.2, -0.15) is 0 Å². The molecule has 0 radical (unpaired) electrons. The second-order valence-corrected chi connectivity index (χ2v) is 10.7. The fourth-order valence-corrected chi connectivity index (χ4v) is 5.30. The molecule has 0 atom stereocenters. The number of hydrogen-bond acceptors (Lipinski definition) is 4. The van der Waals surface area contributed by atoms with Gasteiger partial charge in [-0.15, -0.1) is 0 Å². The lowest BCUT2D eigenvalue weighted by atomic mass is 10.2. The number of aryl methyl sites for hydroxylation is 1.